The molecule has 1 aliphatic rings. The second-order valence-electron chi connectivity index (χ2n) is 5.07. The minimum Gasteiger partial charge on any atom is -0.394 e. The lowest BCUT2D eigenvalue weighted by Gasteiger charge is -2.19. The molecule has 4 N–H and O–H groups in total. The number of nitrogens with two attached hydrogens (primary N) is 1. The number of nitrogens with zero attached hydrogens (tertiary/aromatic N) is 2. The Kier molecular flexibility index (Phi) is 5.63. The first-order valence-corrected chi connectivity index (χ1v) is 8.91. The highest BCUT2D eigenvalue weighted by Gasteiger charge is 2.47. The molecule has 0 spiro atoms. The number of aliphatic hydroxyl groups is 2. The smallest absolute Gasteiger partial charge is 0.351 e. The lowest BCUT2D eigenvalue weighted by molar-refractivity contribution is -0.0542. The molecule has 1 saturated heterocycles. The van der Waals surface area contributed by atoms with Crippen molar-refractivity contribution < 1.29 is 27.6 Å². The number of aliphatic hydroxyl groups excluding tert-OH is 2. The molecule has 0 aliphatic carbocycles. The Morgan fingerprint density at radius 2 is 2.25 bits per heavy atom. The maximum absolute atomic E-state index is 12.0. The van der Waals surface area contributed by atoms with E-state index in [4.69, 9.17) is 26.3 Å². The molecule has 2 rings (SSSR count). The molecular formula is C12H16ClN3O7S. The van der Waals surface area contributed by atoms with Gasteiger partial charge in [-0.25, -0.2) is 4.79 Å². The molecule has 1 aliphatic heterocycles. The number of ether oxygens (including phenoxy) is 1. The van der Waals surface area contributed by atoms with Crippen LogP contribution < -0.4 is 11.4 Å². The second-order valence-corrected chi connectivity index (χ2v) is 6.92. The highest BCUT2D eigenvalue weighted by Crippen LogP contribution is 2.31. The third kappa shape index (κ3) is 3.94. The summed E-state index contributed by atoms with van der Waals surface area (Å²) in [5, 5.41) is 19.6. The lowest BCUT2D eigenvalue weighted by atomic mass is 10.1. The molecule has 2 heterocycles. The van der Waals surface area contributed by atoms with Gasteiger partial charge in [0.05, 0.1) is 12.9 Å². The van der Waals surface area contributed by atoms with Crippen LogP contribution in [-0.4, -0.2) is 59.4 Å². The molecule has 1 fully saturated rings. The van der Waals surface area contributed by atoms with Gasteiger partial charge < -0.3 is 20.7 Å². The van der Waals surface area contributed by atoms with Gasteiger partial charge in [0.15, 0.2) is 6.23 Å². The summed E-state index contributed by atoms with van der Waals surface area (Å²) in [4.78, 5) is 15.6. The third-order valence-corrected chi connectivity index (χ3v) is 4.00. The van der Waals surface area contributed by atoms with Gasteiger partial charge in [0.1, 0.15) is 24.1 Å². The van der Waals surface area contributed by atoms with Gasteiger partial charge >= 0.3 is 5.69 Å². The summed E-state index contributed by atoms with van der Waals surface area (Å²) in [5.74, 6) is -0.0803. The number of rotatable bonds is 5. The summed E-state index contributed by atoms with van der Waals surface area (Å²) in [6.07, 6.45) is -2.00. The Morgan fingerprint density at radius 1 is 1.58 bits per heavy atom. The van der Waals surface area contributed by atoms with Crippen LogP contribution >= 0.6 is 11.6 Å². The summed E-state index contributed by atoms with van der Waals surface area (Å²) < 4.78 is 33.6. The zero-order valence-corrected chi connectivity index (χ0v) is 14.0. The molecular weight excluding hydrogens is 366 g/mol. The topological polar surface area (TPSA) is 154 Å². The first kappa shape index (κ1) is 18.8. The maximum atomic E-state index is 12.0. The van der Waals surface area contributed by atoms with Crippen molar-refractivity contribution in [3.63, 3.8) is 0 Å². The van der Waals surface area contributed by atoms with Crippen molar-refractivity contribution in [2.24, 2.45) is 0 Å². The largest absolute Gasteiger partial charge is 0.394 e. The standard InChI is InChI=1S/C12H16ClN3O7S/c1-24(20,21)23-9-7(5-17)22-11(8(9)18)16-4-6(2-3-13)10(14)15-12(16)19/h2-4,7-9,11,17-18H,5H2,1H3,(H2,14,15,19)/t7-,8-,9+,11-/m1/s1. The van der Waals surface area contributed by atoms with Gasteiger partial charge in [-0.15, -0.1) is 0 Å². The number of anilines is 1. The average Bonchev–Trinajstić information content (AvgIpc) is 2.77. The molecule has 0 radical (unpaired) electrons. The molecule has 134 valence electrons. The van der Waals surface area contributed by atoms with E-state index < -0.39 is 47.0 Å². The minimum absolute atomic E-state index is 0.0803. The van der Waals surface area contributed by atoms with Gasteiger partial charge in [-0.1, -0.05) is 11.6 Å². The maximum Gasteiger partial charge on any atom is 0.351 e. The number of hydrogen-bond acceptors (Lipinski definition) is 9. The normalized spacial score (nSPS) is 27.8. The average molecular weight is 382 g/mol. The van der Waals surface area contributed by atoms with Crippen molar-refractivity contribution in [2.45, 2.75) is 24.5 Å². The quantitative estimate of drug-likeness (QED) is 0.524. The fourth-order valence-corrected chi connectivity index (χ4v) is 3.07. The fraction of sp³-hybridized carbons (Fsp3) is 0.500. The van der Waals surface area contributed by atoms with Gasteiger partial charge in [0.25, 0.3) is 10.1 Å². The Bertz CT molecular complexity index is 794. The Morgan fingerprint density at radius 3 is 2.79 bits per heavy atom. The van der Waals surface area contributed by atoms with Gasteiger partial charge in [-0.05, 0) is 6.08 Å². The summed E-state index contributed by atoms with van der Waals surface area (Å²) in [6, 6.07) is 0. The molecule has 0 amide bonds. The van der Waals surface area contributed by atoms with E-state index in [1.54, 1.807) is 0 Å². The minimum atomic E-state index is -3.93. The monoisotopic (exact) mass is 381 g/mol. The van der Waals surface area contributed by atoms with E-state index in [2.05, 4.69) is 4.98 Å². The molecule has 10 nitrogen and oxygen atoms in total. The van der Waals surface area contributed by atoms with Crippen LogP contribution in [0.15, 0.2) is 16.5 Å². The van der Waals surface area contributed by atoms with Crippen molar-refractivity contribution in [3.05, 3.63) is 27.8 Å². The molecule has 4 atom stereocenters. The van der Waals surface area contributed by atoms with E-state index in [-0.39, 0.29) is 11.4 Å². The number of halogens is 1. The van der Waals surface area contributed by atoms with Crippen LogP contribution in [0.3, 0.4) is 0 Å². The van der Waals surface area contributed by atoms with E-state index >= 15 is 0 Å². The number of nitrogen functional groups attached to an aromatic ring is 1. The number of hydrogen-bond donors (Lipinski definition) is 3. The molecule has 0 aromatic carbocycles. The fourth-order valence-electron chi connectivity index (χ4n) is 2.29. The van der Waals surface area contributed by atoms with Crippen LogP contribution in [0.25, 0.3) is 6.08 Å². The first-order valence-electron chi connectivity index (χ1n) is 6.66. The number of aromatic nitrogens is 2. The molecule has 0 bridgehead atoms. The van der Waals surface area contributed by atoms with E-state index in [1.807, 2.05) is 0 Å². The summed E-state index contributed by atoms with van der Waals surface area (Å²) in [5.41, 5.74) is 6.20. The van der Waals surface area contributed by atoms with Crippen LogP contribution in [0, 0.1) is 0 Å². The zero-order chi connectivity index (χ0) is 18.1. The van der Waals surface area contributed by atoms with Crippen LogP contribution in [0.2, 0.25) is 0 Å². The second kappa shape index (κ2) is 7.17. The van der Waals surface area contributed by atoms with E-state index in [9.17, 15) is 23.4 Å². The zero-order valence-electron chi connectivity index (χ0n) is 12.4. The van der Waals surface area contributed by atoms with Crippen molar-refractivity contribution in [1.29, 1.82) is 0 Å². The predicted molar refractivity (Wildman–Crippen MR) is 84.5 cm³/mol. The Balaban J connectivity index is 2.42. The Hall–Kier alpha value is -1.50. The molecule has 24 heavy (non-hydrogen) atoms. The van der Waals surface area contributed by atoms with E-state index in [0.717, 1.165) is 16.4 Å². The van der Waals surface area contributed by atoms with Crippen molar-refractivity contribution in [1.82, 2.24) is 9.55 Å². The highest BCUT2D eigenvalue weighted by atomic mass is 35.5. The van der Waals surface area contributed by atoms with Gasteiger partial charge in [0.2, 0.25) is 0 Å². The van der Waals surface area contributed by atoms with Crippen LogP contribution in [0.1, 0.15) is 11.8 Å². The SMILES string of the molecule is CS(=O)(=O)O[C@@H]1[C@@H](O)[C@H](n2cc(C=CCl)c(N)nc2=O)O[C@@H]1CO. The molecule has 12 heteroatoms. The molecule has 1 aromatic heterocycles. The van der Waals surface area contributed by atoms with Crippen molar-refractivity contribution in [2.75, 3.05) is 18.6 Å². The van der Waals surface area contributed by atoms with Gasteiger partial charge in [-0.2, -0.15) is 13.4 Å². The molecule has 1 aromatic rings. The third-order valence-electron chi connectivity index (χ3n) is 3.30. The predicted octanol–water partition coefficient (Wildman–Crippen LogP) is -1.37. The van der Waals surface area contributed by atoms with Crippen molar-refractivity contribution >= 4 is 33.6 Å². The van der Waals surface area contributed by atoms with Gasteiger partial charge in [0, 0.05) is 17.3 Å². The summed E-state index contributed by atoms with van der Waals surface area (Å²) in [6.45, 7) is -0.626. The lowest BCUT2D eigenvalue weighted by Crippen LogP contribution is -2.39. The first-order chi connectivity index (χ1) is 11.2. The van der Waals surface area contributed by atoms with E-state index in [1.165, 1.54) is 12.3 Å². The van der Waals surface area contributed by atoms with Gasteiger partial charge in [-0.3, -0.25) is 8.75 Å². The van der Waals surface area contributed by atoms with Crippen LogP contribution in [0.5, 0.6) is 0 Å². The summed E-state index contributed by atoms with van der Waals surface area (Å²) >= 11 is 5.48. The summed E-state index contributed by atoms with van der Waals surface area (Å²) in [7, 11) is -3.93. The Labute approximate surface area is 142 Å². The highest BCUT2D eigenvalue weighted by molar-refractivity contribution is 7.86. The van der Waals surface area contributed by atoms with Crippen molar-refractivity contribution in [3.8, 4) is 0 Å². The molecule has 0 unspecified atom stereocenters. The van der Waals surface area contributed by atoms with E-state index in [0.29, 0.717) is 0 Å². The van der Waals surface area contributed by atoms with Crippen LogP contribution in [-0.2, 0) is 19.0 Å². The molecule has 0 saturated carbocycles. The van der Waals surface area contributed by atoms with Crippen LogP contribution in [0.4, 0.5) is 5.82 Å².